The van der Waals surface area contributed by atoms with Gasteiger partial charge in [0.15, 0.2) is 5.78 Å². The smallest absolute Gasteiger partial charge is 0.153 e. The van der Waals surface area contributed by atoms with Crippen molar-refractivity contribution in [3.8, 4) is 5.75 Å². The summed E-state index contributed by atoms with van der Waals surface area (Å²) in [6.07, 6.45) is 1.71. The van der Waals surface area contributed by atoms with E-state index in [4.69, 9.17) is 4.74 Å². The third-order valence-electron chi connectivity index (χ3n) is 3.69. The molecule has 0 radical (unpaired) electrons. The number of ketones is 1. The minimum absolute atomic E-state index is 0.0465. The van der Waals surface area contributed by atoms with Gasteiger partial charge >= 0.3 is 0 Å². The van der Waals surface area contributed by atoms with Gasteiger partial charge in [-0.2, -0.15) is 0 Å². The molecule has 0 bridgehead atoms. The van der Waals surface area contributed by atoms with Crippen molar-refractivity contribution in [2.24, 2.45) is 0 Å². The molecule has 2 nitrogen and oxygen atoms in total. The molecule has 0 aliphatic heterocycles. The van der Waals surface area contributed by atoms with Gasteiger partial charge in [-0.15, -0.1) is 0 Å². The summed E-state index contributed by atoms with van der Waals surface area (Å²) >= 11 is 0. The predicted octanol–water partition coefficient (Wildman–Crippen LogP) is 4.64. The Morgan fingerprint density at radius 2 is 1.55 bits per heavy atom. The summed E-state index contributed by atoms with van der Waals surface area (Å²) in [5.74, 6) is 0.855. The SMILES string of the molecule is COc1ccc(/C(=C/C(C)=O)c2c(C)cc(C)cc2C)cc1. The Kier molecular flexibility index (Phi) is 4.81. The van der Waals surface area contributed by atoms with Crippen molar-refractivity contribution in [2.75, 3.05) is 7.11 Å². The largest absolute Gasteiger partial charge is 0.497 e. The highest BCUT2D eigenvalue weighted by Crippen LogP contribution is 2.31. The van der Waals surface area contributed by atoms with E-state index in [-0.39, 0.29) is 5.78 Å². The number of rotatable bonds is 4. The first-order chi connectivity index (χ1) is 10.4. The van der Waals surface area contributed by atoms with Crippen molar-refractivity contribution in [1.82, 2.24) is 0 Å². The maximum Gasteiger partial charge on any atom is 0.153 e. The second-order valence-electron chi connectivity index (χ2n) is 5.67. The molecule has 0 N–H and O–H groups in total. The lowest BCUT2D eigenvalue weighted by Gasteiger charge is -2.16. The van der Waals surface area contributed by atoms with Crippen LogP contribution in [0.25, 0.3) is 5.57 Å². The van der Waals surface area contributed by atoms with Gasteiger partial charge in [0.05, 0.1) is 7.11 Å². The molecular formula is C20H22O2. The van der Waals surface area contributed by atoms with E-state index in [1.54, 1.807) is 20.1 Å². The molecule has 0 saturated heterocycles. The third-order valence-corrected chi connectivity index (χ3v) is 3.69. The van der Waals surface area contributed by atoms with Crippen molar-refractivity contribution in [2.45, 2.75) is 27.7 Å². The Hall–Kier alpha value is -2.35. The van der Waals surface area contributed by atoms with Gasteiger partial charge in [0.1, 0.15) is 5.75 Å². The molecule has 0 aromatic heterocycles. The Morgan fingerprint density at radius 1 is 1.00 bits per heavy atom. The number of carbonyl (C=O) groups is 1. The van der Waals surface area contributed by atoms with Gasteiger partial charge in [0, 0.05) is 0 Å². The van der Waals surface area contributed by atoms with E-state index in [0.717, 1.165) is 22.4 Å². The topological polar surface area (TPSA) is 26.3 Å². The van der Waals surface area contributed by atoms with Crippen LogP contribution < -0.4 is 4.74 Å². The monoisotopic (exact) mass is 294 g/mol. The molecule has 0 fully saturated rings. The molecule has 114 valence electrons. The summed E-state index contributed by atoms with van der Waals surface area (Å²) in [4.78, 5) is 11.7. The van der Waals surface area contributed by atoms with Crippen molar-refractivity contribution in [3.05, 3.63) is 70.3 Å². The molecule has 2 heteroatoms. The number of ether oxygens (including phenoxy) is 1. The molecule has 0 amide bonds. The molecule has 2 aromatic carbocycles. The second kappa shape index (κ2) is 6.61. The average molecular weight is 294 g/mol. The highest BCUT2D eigenvalue weighted by molar-refractivity contribution is 6.00. The Balaban J connectivity index is 2.64. The summed E-state index contributed by atoms with van der Waals surface area (Å²) in [6.45, 7) is 7.85. The molecular weight excluding hydrogens is 272 g/mol. The standard InChI is InChI=1S/C20H22O2/c1-13-10-14(2)20(15(3)11-13)19(12-16(4)21)17-6-8-18(22-5)9-7-17/h6-12H,1-5H3/b19-12-. The maximum absolute atomic E-state index is 11.7. The summed E-state index contributed by atoms with van der Waals surface area (Å²) in [6, 6.07) is 12.1. The fourth-order valence-electron chi connectivity index (χ4n) is 2.88. The first-order valence-corrected chi connectivity index (χ1v) is 7.37. The number of methoxy groups -OCH3 is 1. The normalized spacial score (nSPS) is 11.4. The van der Waals surface area contributed by atoms with Crippen LogP contribution in [0.4, 0.5) is 0 Å². The minimum Gasteiger partial charge on any atom is -0.497 e. The van der Waals surface area contributed by atoms with Crippen LogP contribution in [0, 0.1) is 20.8 Å². The molecule has 0 aliphatic rings. The van der Waals surface area contributed by atoms with Crippen molar-refractivity contribution < 1.29 is 9.53 Å². The average Bonchev–Trinajstić information content (AvgIpc) is 2.45. The number of hydrogen-bond acceptors (Lipinski definition) is 2. The van der Waals surface area contributed by atoms with Crippen molar-refractivity contribution in [1.29, 1.82) is 0 Å². The first-order valence-electron chi connectivity index (χ1n) is 7.37. The molecule has 0 spiro atoms. The van der Waals surface area contributed by atoms with E-state index in [1.165, 1.54) is 16.7 Å². The fraction of sp³-hybridized carbons (Fsp3) is 0.250. The summed E-state index contributed by atoms with van der Waals surface area (Å²) in [5, 5.41) is 0. The number of carbonyl (C=O) groups excluding carboxylic acids is 1. The van der Waals surface area contributed by atoms with Crippen LogP contribution in [0.1, 0.15) is 34.7 Å². The van der Waals surface area contributed by atoms with Crippen LogP contribution >= 0.6 is 0 Å². The fourth-order valence-corrected chi connectivity index (χ4v) is 2.88. The van der Waals surface area contributed by atoms with Crippen LogP contribution in [0.15, 0.2) is 42.5 Å². The number of hydrogen-bond donors (Lipinski definition) is 0. The van der Waals surface area contributed by atoms with E-state index in [2.05, 4.69) is 32.9 Å². The van der Waals surface area contributed by atoms with Gasteiger partial charge in [-0.25, -0.2) is 0 Å². The summed E-state index contributed by atoms with van der Waals surface area (Å²) in [5.41, 5.74) is 6.71. The van der Waals surface area contributed by atoms with Crippen LogP contribution in [0.5, 0.6) is 5.75 Å². The van der Waals surface area contributed by atoms with Crippen LogP contribution in [0.3, 0.4) is 0 Å². The van der Waals surface area contributed by atoms with E-state index >= 15 is 0 Å². The Labute approximate surface area is 132 Å². The zero-order valence-electron chi connectivity index (χ0n) is 13.9. The lowest BCUT2D eigenvalue weighted by Crippen LogP contribution is -1.99. The maximum atomic E-state index is 11.7. The zero-order chi connectivity index (χ0) is 16.3. The van der Waals surface area contributed by atoms with E-state index < -0.39 is 0 Å². The molecule has 22 heavy (non-hydrogen) atoms. The summed E-state index contributed by atoms with van der Waals surface area (Å²) < 4.78 is 5.21. The van der Waals surface area contributed by atoms with Gasteiger partial charge in [-0.3, -0.25) is 4.79 Å². The Morgan fingerprint density at radius 3 is 2.00 bits per heavy atom. The van der Waals surface area contributed by atoms with Gasteiger partial charge in [-0.05, 0) is 73.7 Å². The van der Waals surface area contributed by atoms with Gasteiger partial charge in [0.2, 0.25) is 0 Å². The molecule has 0 atom stereocenters. The van der Waals surface area contributed by atoms with Crippen LogP contribution in [-0.4, -0.2) is 12.9 Å². The molecule has 0 saturated carbocycles. The van der Waals surface area contributed by atoms with Crippen LogP contribution in [-0.2, 0) is 4.79 Å². The van der Waals surface area contributed by atoms with Crippen LogP contribution in [0.2, 0.25) is 0 Å². The molecule has 2 rings (SSSR count). The molecule has 2 aromatic rings. The lowest BCUT2D eigenvalue weighted by molar-refractivity contribution is -0.112. The molecule has 0 aliphatic carbocycles. The van der Waals surface area contributed by atoms with Gasteiger partial charge < -0.3 is 4.74 Å². The second-order valence-corrected chi connectivity index (χ2v) is 5.67. The number of aryl methyl sites for hydroxylation is 3. The Bertz CT molecular complexity index is 699. The van der Waals surface area contributed by atoms with Gasteiger partial charge in [-0.1, -0.05) is 29.8 Å². The minimum atomic E-state index is 0.0465. The molecule has 0 heterocycles. The van der Waals surface area contributed by atoms with Crippen molar-refractivity contribution >= 4 is 11.4 Å². The summed E-state index contributed by atoms with van der Waals surface area (Å²) in [7, 11) is 1.65. The predicted molar refractivity (Wildman–Crippen MR) is 91.4 cm³/mol. The quantitative estimate of drug-likeness (QED) is 0.768. The lowest BCUT2D eigenvalue weighted by atomic mass is 9.89. The van der Waals surface area contributed by atoms with E-state index in [1.807, 2.05) is 24.3 Å². The van der Waals surface area contributed by atoms with E-state index in [9.17, 15) is 4.79 Å². The third kappa shape index (κ3) is 3.45. The van der Waals surface area contributed by atoms with Crippen molar-refractivity contribution in [3.63, 3.8) is 0 Å². The first kappa shape index (κ1) is 16.0. The number of benzene rings is 2. The van der Waals surface area contributed by atoms with Gasteiger partial charge in [0.25, 0.3) is 0 Å². The van der Waals surface area contributed by atoms with E-state index in [0.29, 0.717) is 0 Å². The highest BCUT2D eigenvalue weighted by atomic mass is 16.5. The highest BCUT2D eigenvalue weighted by Gasteiger charge is 2.12. The zero-order valence-corrected chi connectivity index (χ0v) is 13.9. The molecule has 0 unspecified atom stereocenters. The number of allylic oxidation sites excluding steroid dienone is 1.